The number of halogens is 1. The number of nitrogens with zero attached hydrogens (tertiary/aromatic N) is 3. The molecule has 1 fully saturated rings. The fourth-order valence-corrected chi connectivity index (χ4v) is 2.96. The van der Waals surface area contributed by atoms with Crippen molar-refractivity contribution in [2.24, 2.45) is 4.99 Å². The molecule has 2 rings (SSSR count). The van der Waals surface area contributed by atoms with Crippen molar-refractivity contribution in [3.05, 3.63) is 18.0 Å². The van der Waals surface area contributed by atoms with E-state index in [0.717, 1.165) is 37.3 Å². The molecule has 132 valence electrons. The first-order chi connectivity index (χ1) is 10.8. The van der Waals surface area contributed by atoms with Gasteiger partial charge < -0.3 is 15.2 Å². The fourth-order valence-electron chi connectivity index (χ4n) is 2.96. The van der Waals surface area contributed by atoms with Crippen LogP contribution in [0.5, 0.6) is 0 Å². The molecule has 0 saturated carbocycles. The number of guanidine groups is 1. The van der Waals surface area contributed by atoms with Gasteiger partial charge in [-0.3, -0.25) is 4.90 Å². The lowest BCUT2D eigenvalue weighted by atomic mass is 10.0. The molecule has 0 aromatic carbocycles. The lowest BCUT2D eigenvalue weighted by Gasteiger charge is -2.35. The summed E-state index contributed by atoms with van der Waals surface area (Å²) in [6.07, 6.45) is 6.88. The molecule has 1 aliphatic rings. The van der Waals surface area contributed by atoms with Crippen LogP contribution in [0.4, 0.5) is 0 Å². The second-order valence-electron chi connectivity index (χ2n) is 5.71. The third-order valence-electron chi connectivity index (χ3n) is 4.15. The van der Waals surface area contributed by atoms with E-state index in [1.54, 1.807) is 6.26 Å². The average Bonchev–Trinajstić information content (AvgIpc) is 3.06. The summed E-state index contributed by atoms with van der Waals surface area (Å²) in [4.78, 5) is 7.14. The number of hydrogen-bond donors (Lipinski definition) is 2. The van der Waals surface area contributed by atoms with E-state index in [4.69, 9.17) is 4.52 Å². The van der Waals surface area contributed by atoms with E-state index in [1.165, 1.54) is 32.2 Å². The maximum atomic E-state index is 4.82. The highest BCUT2D eigenvalue weighted by Gasteiger charge is 2.19. The molecule has 0 bridgehead atoms. The number of aliphatic imine (C=N–C) groups is 1. The van der Waals surface area contributed by atoms with Crippen LogP contribution >= 0.6 is 24.0 Å². The molecule has 1 aliphatic heterocycles. The van der Waals surface area contributed by atoms with Gasteiger partial charge in [0.1, 0.15) is 12.0 Å². The zero-order valence-corrected chi connectivity index (χ0v) is 16.6. The molecular formula is C16H30IN5O. The van der Waals surface area contributed by atoms with Gasteiger partial charge in [0.05, 0.1) is 6.54 Å². The molecule has 7 heteroatoms. The fraction of sp³-hybridized carbons (Fsp3) is 0.750. The lowest BCUT2D eigenvalue weighted by molar-refractivity contribution is 0.147. The summed E-state index contributed by atoms with van der Waals surface area (Å²) in [7, 11) is 0. The highest BCUT2D eigenvalue weighted by molar-refractivity contribution is 14.0. The van der Waals surface area contributed by atoms with E-state index in [-0.39, 0.29) is 24.0 Å². The van der Waals surface area contributed by atoms with Crippen molar-refractivity contribution in [1.82, 2.24) is 20.7 Å². The Morgan fingerprint density at radius 1 is 1.39 bits per heavy atom. The molecule has 1 saturated heterocycles. The van der Waals surface area contributed by atoms with Crippen molar-refractivity contribution < 1.29 is 4.52 Å². The predicted molar refractivity (Wildman–Crippen MR) is 104 cm³/mol. The summed E-state index contributed by atoms with van der Waals surface area (Å²) in [5.41, 5.74) is 0.847. The van der Waals surface area contributed by atoms with E-state index in [1.807, 2.05) is 6.07 Å². The van der Waals surface area contributed by atoms with Gasteiger partial charge in [-0.1, -0.05) is 18.5 Å². The van der Waals surface area contributed by atoms with Gasteiger partial charge in [-0.05, 0) is 32.7 Å². The molecular weight excluding hydrogens is 405 g/mol. The molecule has 0 spiro atoms. The van der Waals surface area contributed by atoms with Crippen molar-refractivity contribution in [3.63, 3.8) is 0 Å². The standard InChI is InChI=1S/C16H29N5O.HI/c1-3-15-7-5-6-10-21(15)11-9-18-16(17-4-2)19-13-14-8-12-22-20-14;/h8,12,15H,3-7,9-11,13H2,1-2H3,(H2,17,18,19);1H. The molecule has 2 N–H and O–H groups in total. The van der Waals surface area contributed by atoms with Gasteiger partial charge in [0.15, 0.2) is 5.96 Å². The Balaban J connectivity index is 0.00000264. The van der Waals surface area contributed by atoms with Crippen LogP contribution in [0.25, 0.3) is 0 Å². The summed E-state index contributed by atoms with van der Waals surface area (Å²) in [5.74, 6) is 0.843. The minimum absolute atomic E-state index is 0. The average molecular weight is 435 g/mol. The quantitative estimate of drug-likeness (QED) is 0.392. The predicted octanol–water partition coefficient (Wildman–Crippen LogP) is 2.61. The van der Waals surface area contributed by atoms with Crippen LogP contribution < -0.4 is 10.6 Å². The monoisotopic (exact) mass is 435 g/mol. The summed E-state index contributed by atoms with van der Waals surface area (Å²) >= 11 is 0. The highest BCUT2D eigenvalue weighted by atomic mass is 127. The van der Waals surface area contributed by atoms with Gasteiger partial charge >= 0.3 is 0 Å². The van der Waals surface area contributed by atoms with Crippen molar-refractivity contribution >= 4 is 29.9 Å². The summed E-state index contributed by atoms with van der Waals surface area (Å²) < 4.78 is 4.82. The Morgan fingerprint density at radius 2 is 2.26 bits per heavy atom. The molecule has 0 amide bonds. The number of nitrogens with one attached hydrogen (secondary N) is 2. The normalized spacial score (nSPS) is 19.2. The van der Waals surface area contributed by atoms with Gasteiger partial charge in [0.25, 0.3) is 0 Å². The first-order valence-electron chi connectivity index (χ1n) is 8.49. The largest absolute Gasteiger partial charge is 0.364 e. The molecule has 6 nitrogen and oxygen atoms in total. The third-order valence-corrected chi connectivity index (χ3v) is 4.15. The smallest absolute Gasteiger partial charge is 0.191 e. The molecule has 23 heavy (non-hydrogen) atoms. The molecule has 2 heterocycles. The number of hydrogen-bond acceptors (Lipinski definition) is 4. The van der Waals surface area contributed by atoms with Gasteiger partial charge in [0.2, 0.25) is 0 Å². The van der Waals surface area contributed by atoms with Gasteiger partial charge in [0, 0.05) is 31.7 Å². The molecule has 1 aromatic rings. The van der Waals surface area contributed by atoms with Crippen molar-refractivity contribution in [2.75, 3.05) is 26.2 Å². The molecule has 1 atom stereocenters. The number of rotatable bonds is 7. The van der Waals surface area contributed by atoms with Crippen molar-refractivity contribution in [2.45, 2.75) is 52.1 Å². The van der Waals surface area contributed by atoms with Crippen LogP contribution in [0.1, 0.15) is 45.2 Å². The number of likely N-dealkylation sites (tertiary alicyclic amines) is 1. The van der Waals surface area contributed by atoms with Gasteiger partial charge in [-0.2, -0.15) is 0 Å². The van der Waals surface area contributed by atoms with Crippen LogP contribution in [0.3, 0.4) is 0 Å². The molecule has 1 unspecified atom stereocenters. The summed E-state index contributed by atoms with van der Waals surface area (Å²) in [6, 6.07) is 2.59. The van der Waals surface area contributed by atoms with Gasteiger partial charge in [-0.15, -0.1) is 24.0 Å². The van der Waals surface area contributed by atoms with Gasteiger partial charge in [-0.25, -0.2) is 4.99 Å². The van der Waals surface area contributed by atoms with Crippen LogP contribution in [0.2, 0.25) is 0 Å². The SMILES string of the molecule is CCNC(=NCc1ccon1)NCCN1CCCCC1CC.I. The van der Waals surface area contributed by atoms with Crippen molar-refractivity contribution in [3.8, 4) is 0 Å². The Labute approximate surface area is 156 Å². The highest BCUT2D eigenvalue weighted by Crippen LogP contribution is 2.18. The van der Waals surface area contributed by atoms with E-state index in [2.05, 4.69) is 39.5 Å². The second kappa shape index (κ2) is 11.7. The Hall–Kier alpha value is -0.830. The maximum Gasteiger partial charge on any atom is 0.191 e. The Morgan fingerprint density at radius 3 is 2.96 bits per heavy atom. The van der Waals surface area contributed by atoms with E-state index < -0.39 is 0 Å². The number of piperidine rings is 1. The Bertz CT molecular complexity index is 438. The molecule has 1 aromatic heterocycles. The first kappa shape index (κ1) is 20.2. The van der Waals surface area contributed by atoms with Crippen LogP contribution in [-0.4, -0.2) is 48.2 Å². The Kier molecular flexibility index (Phi) is 10.3. The minimum Gasteiger partial charge on any atom is -0.364 e. The third kappa shape index (κ3) is 7.07. The minimum atomic E-state index is 0. The topological polar surface area (TPSA) is 65.7 Å². The van der Waals surface area contributed by atoms with Crippen LogP contribution in [0, 0.1) is 0 Å². The van der Waals surface area contributed by atoms with Crippen LogP contribution in [-0.2, 0) is 6.54 Å². The van der Waals surface area contributed by atoms with E-state index >= 15 is 0 Å². The molecule has 0 radical (unpaired) electrons. The van der Waals surface area contributed by atoms with Crippen molar-refractivity contribution in [1.29, 1.82) is 0 Å². The zero-order valence-electron chi connectivity index (χ0n) is 14.3. The van der Waals surface area contributed by atoms with E-state index in [9.17, 15) is 0 Å². The summed E-state index contributed by atoms with van der Waals surface area (Å²) in [6.45, 7) is 8.98. The van der Waals surface area contributed by atoms with Crippen LogP contribution in [0.15, 0.2) is 21.8 Å². The first-order valence-corrected chi connectivity index (χ1v) is 8.49. The lowest BCUT2D eigenvalue weighted by Crippen LogP contribution is -2.45. The zero-order chi connectivity index (χ0) is 15.6. The molecule has 0 aliphatic carbocycles. The van der Waals surface area contributed by atoms with E-state index in [0.29, 0.717) is 6.54 Å². The second-order valence-corrected chi connectivity index (χ2v) is 5.71. The summed E-state index contributed by atoms with van der Waals surface area (Å²) in [5, 5.41) is 10.6. The number of aromatic nitrogens is 1. The maximum absolute atomic E-state index is 4.82.